The van der Waals surface area contributed by atoms with Gasteiger partial charge in [-0.2, -0.15) is 5.10 Å². The monoisotopic (exact) mass is 604 g/mol. The fraction of sp³-hybridized carbons (Fsp3) is 0.125. The van der Waals surface area contributed by atoms with Gasteiger partial charge >= 0.3 is 0 Å². The highest BCUT2D eigenvalue weighted by Crippen LogP contribution is 2.39. The number of rotatable bonds is 7. The summed E-state index contributed by atoms with van der Waals surface area (Å²) in [6, 6.07) is 20.9. The minimum absolute atomic E-state index is 0.149. The lowest BCUT2D eigenvalue weighted by Crippen LogP contribution is -2.23. The summed E-state index contributed by atoms with van der Waals surface area (Å²) >= 11 is 0. The fourth-order valence-electron chi connectivity index (χ4n) is 5.50. The van der Waals surface area contributed by atoms with E-state index in [0.29, 0.717) is 34.3 Å². The molecule has 7 rings (SSSR count). The fourth-order valence-corrected chi connectivity index (χ4v) is 6.61. The van der Waals surface area contributed by atoms with Crippen LogP contribution in [0.3, 0.4) is 0 Å². The second-order valence-corrected chi connectivity index (χ2v) is 12.4. The third-order valence-corrected chi connectivity index (χ3v) is 9.21. The van der Waals surface area contributed by atoms with Crippen LogP contribution in [0.15, 0.2) is 90.1 Å². The Labute approximate surface area is 253 Å². The lowest BCUT2D eigenvalue weighted by molar-refractivity contribution is 0.0997. The zero-order valence-electron chi connectivity index (χ0n) is 24.2. The number of para-hydroxylation sites is 1. The van der Waals surface area contributed by atoms with E-state index in [0.717, 1.165) is 33.4 Å². The van der Waals surface area contributed by atoms with Crippen LogP contribution in [-0.4, -0.2) is 39.1 Å². The van der Waals surface area contributed by atoms with Gasteiger partial charge < -0.3 is 15.2 Å². The van der Waals surface area contributed by atoms with Gasteiger partial charge in [0.2, 0.25) is 5.95 Å². The van der Waals surface area contributed by atoms with E-state index in [1.807, 2.05) is 51.4 Å². The van der Waals surface area contributed by atoms with Gasteiger partial charge in [0, 0.05) is 53.3 Å². The van der Waals surface area contributed by atoms with Crippen LogP contribution in [0.1, 0.15) is 27.2 Å². The first-order valence-corrected chi connectivity index (χ1v) is 15.4. The Morgan fingerprint density at radius 2 is 1.75 bits per heavy atom. The molecule has 0 unspecified atom stereocenters. The van der Waals surface area contributed by atoms with Crippen LogP contribution in [0, 0.1) is 13.8 Å². The van der Waals surface area contributed by atoms with E-state index in [-0.39, 0.29) is 17.3 Å². The summed E-state index contributed by atoms with van der Waals surface area (Å²) < 4.78 is 30.6. The SMILES string of the molecule is Cc1cnc(Nc2cc(C)n(C)n2)nc1-c1c[nH]c2c(N3Cc4c(NS(=O)(=O)c5ccccc5)cccc4C3=O)cccc12. The molecule has 220 valence electrons. The summed E-state index contributed by atoms with van der Waals surface area (Å²) in [5, 5.41) is 8.50. The number of nitrogens with zero attached hydrogens (tertiary/aromatic N) is 5. The van der Waals surface area contributed by atoms with Crippen molar-refractivity contribution in [3.8, 4) is 11.3 Å². The zero-order valence-corrected chi connectivity index (χ0v) is 25.0. The topological polar surface area (TPSA) is 138 Å². The molecule has 11 nitrogen and oxygen atoms in total. The van der Waals surface area contributed by atoms with Crippen LogP contribution in [0.25, 0.3) is 22.2 Å². The molecule has 12 heteroatoms. The molecule has 0 saturated carbocycles. The first kappa shape index (κ1) is 27.3. The number of sulfonamides is 1. The third kappa shape index (κ3) is 4.65. The number of carbonyl (C=O) groups is 1. The predicted octanol–water partition coefficient (Wildman–Crippen LogP) is 5.68. The molecule has 1 aliphatic rings. The van der Waals surface area contributed by atoms with Crippen molar-refractivity contribution < 1.29 is 13.2 Å². The molecule has 44 heavy (non-hydrogen) atoms. The number of anilines is 4. The molecule has 6 aromatic rings. The first-order valence-electron chi connectivity index (χ1n) is 13.9. The number of H-pyrrole nitrogens is 1. The van der Waals surface area contributed by atoms with Crippen molar-refractivity contribution in [1.82, 2.24) is 24.7 Å². The average Bonchev–Trinajstić information content (AvgIpc) is 3.69. The van der Waals surface area contributed by atoms with Crippen molar-refractivity contribution in [1.29, 1.82) is 0 Å². The molecule has 0 fully saturated rings. The number of amides is 1. The second kappa shape index (κ2) is 10.3. The van der Waals surface area contributed by atoms with Crippen LogP contribution in [-0.2, 0) is 23.6 Å². The van der Waals surface area contributed by atoms with Gasteiger partial charge in [-0.3, -0.25) is 14.2 Å². The van der Waals surface area contributed by atoms with Crippen LogP contribution in [0.5, 0.6) is 0 Å². The molecule has 0 bridgehead atoms. The smallest absolute Gasteiger partial charge is 0.261 e. The van der Waals surface area contributed by atoms with Crippen molar-refractivity contribution in [2.45, 2.75) is 25.3 Å². The van der Waals surface area contributed by atoms with Crippen molar-refractivity contribution in [3.05, 3.63) is 108 Å². The normalized spacial score (nSPS) is 13.0. The van der Waals surface area contributed by atoms with Gasteiger partial charge in [0.15, 0.2) is 5.82 Å². The number of aromatic nitrogens is 5. The number of fused-ring (bicyclic) bond motifs is 2. The van der Waals surface area contributed by atoms with Crippen LogP contribution < -0.4 is 14.9 Å². The number of hydrogen-bond donors (Lipinski definition) is 3. The largest absolute Gasteiger partial charge is 0.359 e. The number of aromatic amines is 1. The molecule has 1 amide bonds. The summed E-state index contributed by atoms with van der Waals surface area (Å²) in [4.78, 5) is 28.1. The van der Waals surface area contributed by atoms with Gasteiger partial charge in [-0.15, -0.1) is 0 Å². The number of hydrogen-bond acceptors (Lipinski definition) is 7. The maximum atomic E-state index is 13.7. The molecule has 0 atom stereocenters. The van der Waals surface area contributed by atoms with Gasteiger partial charge in [-0.25, -0.2) is 18.4 Å². The van der Waals surface area contributed by atoms with E-state index >= 15 is 0 Å². The minimum atomic E-state index is -3.83. The third-order valence-electron chi connectivity index (χ3n) is 7.83. The van der Waals surface area contributed by atoms with Crippen molar-refractivity contribution in [2.75, 3.05) is 14.9 Å². The highest BCUT2D eigenvalue weighted by Gasteiger charge is 2.33. The maximum Gasteiger partial charge on any atom is 0.261 e. The first-order chi connectivity index (χ1) is 21.2. The molecule has 1 aliphatic heterocycles. The summed E-state index contributed by atoms with van der Waals surface area (Å²) in [5.41, 5.74) is 6.39. The van der Waals surface area contributed by atoms with Gasteiger partial charge in [0.25, 0.3) is 15.9 Å². The summed E-state index contributed by atoms with van der Waals surface area (Å²) in [7, 11) is -1.96. The second-order valence-electron chi connectivity index (χ2n) is 10.7. The van der Waals surface area contributed by atoms with Crippen molar-refractivity contribution in [2.24, 2.45) is 7.05 Å². The van der Waals surface area contributed by atoms with Crippen molar-refractivity contribution >= 4 is 50.0 Å². The summed E-state index contributed by atoms with van der Waals surface area (Å²) in [6.45, 7) is 4.13. The molecule has 3 N–H and O–H groups in total. The van der Waals surface area contributed by atoms with Crippen LogP contribution in [0.4, 0.5) is 23.1 Å². The van der Waals surface area contributed by atoms with Gasteiger partial charge in [0.1, 0.15) is 0 Å². The van der Waals surface area contributed by atoms with E-state index < -0.39 is 10.0 Å². The molecule has 0 saturated heterocycles. The Morgan fingerprint density at radius 1 is 0.955 bits per heavy atom. The lowest BCUT2D eigenvalue weighted by atomic mass is 10.1. The number of carbonyl (C=O) groups excluding carboxylic acids is 1. The molecule has 3 aromatic heterocycles. The van der Waals surface area contributed by atoms with Gasteiger partial charge in [-0.05, 0) is 49.7 Å². The van der Waals surface area contributed by atoms with Gasteiger partial charge in [0.05, 0.1) is 34.0 Å². The Kier molecular flexibility index (Phi) is 6.43. The number of aryl methyl sites for hydroxylation is 3. The number of nitrogens with one attached hydrogen (secondary N) is 3. The molecule has 0 spiro atoms. The Hall–Kier alpha value is -5.49. The summed E-state index contributed by atoms with van der Waals surface area (Å²) in [6.07, 6.45) is 3.65. The Bertz CT molecular complexity index is 2170. The average molecular weight is 605 g/mol. The highest BCUT2D eigenvalue weighted by molar-refractivity contribution is 7.92. The zero-order chi connectivity index (χ0) is 30.6. The Balaban J connectivity index is 1.22. The molecule has 0 aliphatic carbocycles. The molecule has 4 heterocycles. The molecular weight excluding hydrogens is 576 g/mol. The number of benzene rings is 3. The molecular formula is C32H28N8O3S. The van der Waals surface area contributed by atoms with E-state index in [4.69, 9.17) is 4.98 Å². The quantitative estimate of drug-likeness (QED) is 0.213. The van der Waals surface area contributed by atoms with E-state index in [9.17, 15) is 13.2 Å². The molecule has 0 radical (unpaired) electrons. The van der Waals surface area contributed by atoms with Crippen LogP contribution >= 0.6 is 0 Å². The van der Waals surface area contributed by atoms with E-state index in [2.05, 4.69) is 25.1 Å². The molecule has 3 aromatic carbocycles. The van der Waals surface area contributed by atoms with E-state index in [1.54, 1.807) is 52.2 Å². The maximum absolute atomic E-state index is 13.7. The van der Waals surface area contributed by atoms with E-state index in [1.165, 1.54) is 12.1 Å². The highest BCUT2D eigenvalue weighted by atomic mass is 32.2. The summed E-state index contributed by atoms with van der Waals surface area (Å²) in [5.74, 6) is 0.864. The minimum Gasteiger partial charge on any atom is -0.359 e. The van der Waals surface area contributed by atoms with Crippen LogP contribution in [0.2, 0.25) is 0 Å². The lowest BCUT2D eigenvalue weighted by Gasteiger charge is -2.17. The standard InChI is InChI=1S/C32H28N8O3S/c1-19-16-34-32(35-28-15-20(2)39(3)37-28)36-29(19)24-17-33-30-22(24)11-8-14-27(30)40-18-25-23(31(40)41)12-7-13-26(25)38-44(42,43)21-9-5-4-6-10-21/h4-17,33,38H,18H2,1-3H3,(H,34,35,36,37). The Morgan fingerprint density at radius 3 is 2.52 bits per heavy atom. The predicted molar refractivity (Wildman–Crippen MR) is 169 cm³/mol. The van der Waals surface area contributed by atoms with Gasteiger partial charge in [-0.1, -0.05) is 36.4 Å². The van der Waals surface area contributed by atoms with Crippen molar-refractivity contribution in [3.63, 3.8) is 0 Å².